The Morgan fingerprint density at radius 2 is 1.81 bits per heavy atom. The molecule has 0 aromatic carbocycles. The third-order valence-corrected chi connectivity index (χ3v) is 6.87. The van der Waals surface area contributed by atoms with Gasteiger partial charge >= 0.3 is 0 Å². The minimum absolute atomic E-state index is 0.774. The minimum atomic E-state index is 0.774. The normalized spacial score (nSPS) is 30.9. The van der Waals surface area contributed by atoms with Crippen LogP contribution in [-0.4, -0.2) is 35.6 Å². The van der Waals surface area contributed by atoms with E-state index in [0.29, 0.717) is 0 Å². The fourth-order valence-electron chi connectivity index (χ4n) is 3.11. The quantitative estimate of drug-likeness (QED) is 0.780. The average Bonchev–Trinajstić information content (AvgIpc) is 2.61. The highest BCUT2D eigenvalue weighted by Crippen LogP contribution is 2.34. The SMILES string of the molecule is CNC(C1CCCCCC1)C1CSCCS1. The highest BCUT2D eigenvalue weighted by Gasteiger charge is 2.30. The molecule has 1 aliphatic heterocycles. The molecular formula is C13H25NS2. The summed E-state index contributed by atoms with van der Waals surface area (Å²) in [5.41, 5.74) is 0. The first-order valence-electron chi connectivity index (χ1n) is 6.78. The molecule has 1 heterocycles. The highest BCUT2D eigenvalue weighted by molar-refractivity contribution is 8.06. The third kappa shape index (κ3) is 3.58. The fraction of sp³-hybridized carbons (Fsp3) is 1.00. The van der Waals surface area contributed by atoms with E-state index in [1.807, 2.05) is 0 Å². The minimum Gasteiger partial charge on any atom is -0.316 e. The van der Waals surface area contributed by atoms with Crippen LogP contribution in [0.25, 0.3) is 0 Å². The maximum atomic E-state index is 3.64. The molecule has 94 valence electrons. The van der Waals surface area contributed by atoms with E-state index < -0.39 is 0 Å². The third-order valence-electron chi connectivity index (χ3n) is 3.98. The molecule has 0 aromatic heterocycles. The lowest BCUT2D eigenvalue weighted by Crippen LogP contribution is -2.44. The number of hydrogen-bond acceptors (Lipinski definition) is 3. The van der Waals surface area contributed by atoms with Gasteiger partial charge in [-0.25, -0.2) is 0 Å². The average molecular weight is 259 g/mol. The van der Waals surface area contributed by atoms with Gasteiger partial charge in [-0.05, 0) is 25.8 Å². The topological polar surface area (TPSA) is 12.0 Å². The summed E-state index contributed by atoms with van der Waals surface area (Å²) < 4.78 is 0. The summed E-state index contributed by atoms with van der Waals surface area (Å²) in [6, 6.07) is 0.774. The van der Waals surface area contributed by atoms with Crippen LogP contribution >= 0.6 is 23.5 Å². The van der Waals surface area contributed by atoms with Crippen molar-refractivity contribution in [1.29, 1.82) is 0 Å². The van der Waals surface area contributed by atoms with Crippen molar-refractivity contribution >= 4 is 23.5 Å². The second-order valence-corrected chi connectivity index (χ2v) is 7.55. The van der Waals surface area contributed by atoms with E-state index in [2.05, 4.69) is 35.9 Å². The Morgan fingerprint density at radius 1 is 1.06 bits per heavy atom. The summed E-state index contributed by atoms with van der Waals surface area (Å²) in [4.78, 5) is 0. The standard InChI is InChI=1S/C13H25NS2/c1-14-13(12-10-15-8-9-16-12)11-6-4-2-3-5-7-11/h11-14H,2-10H2,1H3. The molecule has 3 heteroatoms. The molecule has 2 aliphatic rings. The molecule has 2 fully saturated rings. The van der Waals surface area contributed by atoms with Gasteiger partial charge in [0.15, 0.2) is 0 Å². The molecule has 1 aliphatic carbocycles. The van der Waals surface area contributed by atoms with Gasteiger partial charge in [-0.2, -0.15) is 23.5 Å². The lowest BCUT2D eigenvalue weighted by atomic mass is 9.90. The van der Waals surface area contributed by atoms with Gasteiger partial charge in [0.1, 0.15) is 0 Å². The van der Waals surface area contributed by atoms with Gasteiger partial charge in [0.25, 0.3) is 0 Å². The largest absolute Gasteiger partial charge is 0.316 e. The molecular weight excluding hydrogens is 234 g/mol. The molecule has 2 unspecified atom stereocenters. The molecule has 2 atom stereocenters. The first-order chi connectivity index (χ1) is 7.92. The summed E-state index contributed by atoms with van der Waals surface area (Å²) in [6.45, 7) is 0. The molecule has 0 aromatic rings. The van der Waals surface area contributed by atoms with Crippen LogP contribution in [0.2, 0.25) is 0 Å². The molecule has 0 radical (unpaired) electrons. The van der Waals surface area contributed by atoms with E-state index in [-0.39, 0.29) is 0 Å². The van der Waals surface area contributed by atoms with Crippen LogP contribution in [0.1, 0.15) is 38.5 Å². The molecule has 0 amide bonds. The van der Waals surface area contributed by atoms with Crippen LogP contribution in [0.15, 0.2) is 0 Å². The molecule has 1 N–H and O–H groups in total. The lowest BCUT2D eigenvalue weighted by molar-refractivity contribution is 0.334. The van der Waals surface area contributed by atoms with E-state index in [1.54, 1.807) is 0 Å². The zero-order valence-electron chi connectivity index (χ0n) is 10.4. The number of hydrogen-bond donors (Lipinski definition) is 1. The summed E-state index contributed by atoms with van der Waals surface area (Å²) in [5.74, 6) is 5.04. The Balaban J connectivity index is 1.90. The molecule has 0 spiro atoms. The fourth-order valence-corrected chi connectivity index (χ4v) is 6.11. The molecule has 16 heavy (non-hydrogen) atoms. The Bertz CT molecular complexity index is 184. The predicted octanol–water partition coefficient (Wildman–Crippen LogP) is 3.39. The zero-order valence-corrected chi connectivity index (χ0v) is 12.0. The van der Waals surface area contributed by atoms with E-state index in [9.17, 15) is 0 Å². The van der Waals surface area contributed by atoms with Gasteiger partial charge in [0, 0.05) is 28.6 Å². The second kappa shape index (κ2) is 7.17. The van der Waals surface area contributed by atoms with Crippen molar-refractivity contribution in [1.82, 2.24) is 5.32 Å². The van der Waals surface area contributed by atoms with Crippen molar-refractivity contribution in [3.05, 3.63) is 0 Å². The maximum Gasteiger partial charge on any atom is 0.0294 e. The van der Waals surface area contributed by atoms with Gasteiger partial charge in [0.05, 0.1) is 0 Å². The van der Waals surface area contributed by atoms with Crippen LogP contribution in [-0.2, 0) is 0 Å². The molecule has 0 bridgehead atoms. The van der Waals surface area contributed by atoms with Crippen LogP contribution in [0, 0.1) is 5.92 Å². The Labute approximate surface area is 109 Å². The summed E-state index contributed by atoms with van der Waals surface area (Å²) in [5, 5.41) is 4.50. The van der Waals surface area contributed by atoms with Crippen LogP contribution in [0.4, 0.5) is 0 Å². The van der Waals surface area contributed by atoms with Crippen molar-refractivity contribution in [2.45, 2.75) is 49.8 Å². The molecule has 2 rings (SSSR count). The zero-order chi connectivity index (χ0) is 11.2. The van der Waals surface area contributed by atoms with Gasteiger partial charge in [-0.15, -0.1) is 0 Å². The van der Waals surface area contributed by atoms with E-state index >= 15 is 0 Å². The van der Waals surface area contributed by atoms with E-state index in [4.69, 9.17) is 0 Å². The summed E-state index contributed by atoms with van der Waals surface area (Å²) >= 11 is 4.37. The molecule has 1 nitrogen and oxygen atoms in total. The number of nitrogens with one attached hydrogen (secondary N) is 1. The van der Waals surface area contributed by atoms with Gasteiger partial charge in [0.2, 0.25) is 0 Å². The Kier molecular flexibility index (Phi) is 5.87. The summed E-state index contributed by atoms with van der Waals surface area (Å²) in [7, 11) is 2.18. The Hall–Kier alpha value is 0.660. The predicted molar refractivity (Wildman–Crippen MR) is 77.6 cm³/mol. The van der Waals surface area contributed by atoms with E-state index in [1.165, 1.54) is 55.8 Å². The first kappa shape index (κ1) is 13.1. The van der Waals surface area contributed by atoms with Crippen molar-refractivity contribution in [3.63, 3.8) is 0 Å². The van der Waals surface area contributed by atoms with Crippen molar-refractivity contribution in [3.8, 4) is 0 Å². The monoisotopic (exact) mass is 259 g/mol. The van der Waals surface area contributed by atoms with Crippen molar-refractivity contribution in [2.75, 3.05) is 24.3 Å². The number of thioether (sulfide) groups is 2. The number of rotatable bonds is 3. The van der Waals surface area contributed by atoms with E-state index in [0.717, 1.165) is 17.2 Å². The summed E-state index contributed by atoms with van der Waals surface area (Å²) in [6.07, 6.45) is 8.81. The molecule has 1 saturated carbocycles. The van der Waals surface area contributed by atoms with Gasteiger partial charge < -0.3 is 5.32 Å². The van der Waals surface area contributed by atoms with Crippen molar-refractivity contribution in [2.24, 2.45) is 5.92 Å². The first-order valence-corrected chi connectivity index (χ1v) is 8.99. The maximum absolute atomic E-state index is 3.64. The van der Waals surface area contributed by atoms with Crippen molar-refractivity contribution < 1.29 is 0 Å². The molecule has 1 saturated heterocycles. The van der Waals surface area contributed by atoms with Crippen LogP contribution < -0.4 is 5.32 Å². The van der Waals surface area contributed by atoms with Gasteiger partial charge in [-0.3, -0.25) is 0 Å². The smallest absolute Gasteiger partial charge is 0.0294 e. The van der Waals surface area contributed by atoms with Gasteiger partial charge in [-0.1, -0.05) is 25.7 Å². The highest BCUT2D eigenvalue weighted by atomic mass is 32.2. The van der Waals surface area contributed by atoms with Crippen LogP contribution in [0.5, 0.6) is 0 Å². The lowest BCUT2D eigenvalue weighted by Gasteiger charge is -2.34. The second-order valence-electron chi connectivity index (χ2n) is 5.05. The van der Waals surface area contributed by atoms with Crippen LogP contribution in [0.3, 0.4) is 0 Å². The Morgan fingerprint density at radius 3 is 2.38 bits per heavy atom.